The summed E-state index contributed by atoms with van der Waals surface area (Å²) in [4.78, 5) is 0. The fourth-order valence-corrected chi connectivity index (χ4v) is 1.20. The van der Waals surface area contributed by atoms with Crippen LogP contribution in [0.5, 0.6) is 5.75 Å². The first kappa shape index (κ1) is 11.8. The molecule has 15 heavy (non-hydrogen) atoms. The maximum absolute atomic E-state index is 5.56. The van der Waals surface area contributed by atoms with Gasteiger partial charge in [-0.05, 0) is 30.7 Å². The third kappa shape index (κ3) is 5.23. The van der Waals surface area contributed by atoms with Crippen LogP contribution < -0.4 is 10.1 Å². The fraction of sp³-hybridized carbons (Fsp3) is 0.385. The molecule has 0 aromatic heterocycles. The minimum atomic E-state index is 0.584. The Labute approximate surface area is 92.0 Å². The maximum atomic E-state index is 5.56. The van der Waals surface area contributed by atoms with Crippen molar-refractivity contribution < 1.29 is 4.74 Å². The highest BCUT2D eigenvalue weighted by Gasteiger charge is 1.95. The largest absolute Gasteiger partial charge is 0.489 e. The Morgan fingerprint density at radius 1 is 1.33 bits per heavy atom. The van der Waals surface area contributed by atoms with Crippen LogP contribution in [0.15, 0.2) is 42.5 Å². The van der Waals surface area contributed by atoms with Gasteiger partial charge in [0, 0.05) is 6.54 Å². The number of ether oxygens (including phenoxy) is 1. The summed E-state index contributed by atoms with van der Waals surface area (Å²) in [5, 5.41) is 3.29. The van der Waals surface area contributed by atoms with Crippen LogP contribution in [0.25, 0.3) is 0 Å². The molecule has 1 aromatic rings. The van der Waals surface area contributed by atoms with Gasteiger partial charge < -0.3 is 10.1 Å². The molecule has 0 heterocycles. The molecular weight excluding hydrogens is 186 g/mol. The van der Waals surface area contributed by atoms with Crippen LogP contribution in [0, 0.1) is 0 Å². The Balaban J connectivity index is 2.17. The molecule has 0 spiro atoms. The highest BCUT2D eigenvalue weighted by Crippen LogP contribution is 2.08. The lowest BCUT2D eigenvalue weighted by atomic mass is 10.3. The summed E-state index contributed by atoms with van der Waals surface area (Å²) in [5.41, 5.74) is 1.08. The topological polar surface area (TPSA) is 21.3 Å². The Morgan fingerprint density at radius 2 is 2.07 bits per heavy atom. The summed E-state index contributed by atoms with van der Waals surface area (Å²) in [5.74, 6) is 0.897. The van der Waals surface area contributed by atoms with E-state index in [0.29, 0.717) is 6.61 Å². The highest BCUT2D eigenvalue weighted by molar-refractivity contribution is 5.21. The SMILES string of the molecule is C=C(CNCCC)COc1ccccc1. The Bertz CT molecular complexity index is 282. The summed E-state index contributed by atoms with van der Waals surface area (Å²) in [7, 11) is 0. The zero-order valence-corrected chi connectivity index (χ0v) is 9.33. The Kier molecular flexibility index (Phi) is 5.56. The molecule has 1 N–H and O–H groups in total. The second-order valence-electron chi connectivity index (χ2n) is 3.53. The number of benzene rings is 1. The van der Waals surface area contributed by atoms with Crippen molar-refractivity contribution in [3.05, 3.63) is 42.5 Å². The van der Waals surface area contributed by atoms with Crippen molar-refractivity contribution in [3.8, 4) is 5.75 Å². The standard InChI is InChI=1S/C13H19NO/c1-3-9-14-10-12(2)11-15-13-7-5-4-6-8-13/h4-8,14H,2-3,9-11H2,1H3. The predicted molar refractivity (Wildman–Crippen MR) is 64.2 cm³/mol. The molecule has 2 nitrogen and oxygen atoms in total. The van der Waals surface area contributed by atoms with Crippen molar-refractivity contribution >= 4 is 0 Å². The normalized spacial score (nSPS) is 9.93. The van der Waals surface area contributed by atoms with Crippen LogP contribution in [0.3, 0.4) is 0 Å². The van der Waals surface area contributed by atoms with Crippen LogP contribution in [-0.4, -0.2) is 19.7 Å². The second kappa shape index (κ2) is 7.07. The number of nitrogens with one attached hydrogen (secondary N) is 1. The average molecular weight is 205 g/mol. The monoisotopic (exact) mass is 205 g/mol. The van der Waals surface area contributed by atoms with Crippen molar-refractivity contribution in [1.82, 2.24) is 5.32 Å². The third-order valence-electron chi connectivity index (χ3n) is 1.99. The van der Waals surface area contributed by atoms with E-state index in [4.69, 9.17) is 4.74 Å². The lowest BCUT2D eigenvalue weighted by Crippen LogP contribution is -2.20. The summed E-state index contributed by atoms with van der Waals surface area (Å²) in [6.45, 7) is 8.55. The molecule has 0 saturated carbocycles. The maximum Gasteiger partial charge on any atom is 0.119 e. The molecule has 82 valence electrons. The van der Waals surface area contributed by atoms with Crippen LogP contribution in [0.1, 0.15) is 13.3 Å². The Morgan fingerprint density at radius 3 is 2.73 bits per heavy atom. The van der Waals surface area contributed by atoms with E-state index < -0.39 is 0 Å². The molecule has 0 aliphatic heterocycles. The molecular formula is C13H19NO. The Hall–Kier alpha value is -1.28. The summed E-state index contributed by atoms with van der Waals surface area (Å²) >= 11 is 0. The van der Waals surface area contributed by atoms with E-state index in [-0.39, 0.29) is 0 Å². The molecule has 0 amide bonds. The van der Waals surface area contributed by atoms with E-state index in [1.807, 2.05) is 30.3 Å². The smallest absolute Gasteiger partial charge is 0.119 e. The first-order valence-electron chi connectivity index (χ1n) is 5.38. The highest BCUT2D eigenvalue weighted by atomic mass is 16.5. The number of rotatable bonds is 7. The lowest BCUT2D eigenvalue weighted by Gasteiger charge is -2.09. The second-order valence-corrected chi connectivity index (χ2v) is 3.53. The average Bonchev–Trinajstić information content (AvgIpc) is 2.28. The van der Waals surface area contributed by atoms with Gasteiger partial charge in [0.25, 0.3) is 0 Å². The minimum absolute atomic E-state index is 0.584. The summed E-state index contributed by atoms with van der Waals surface area (Å²) < 4.78 is 5.56. The van der Waals surface area contributed by atoms with Crippen LogP contribution in [-0.2, 0) is 0 Å². The van der Waals surface area contributed by atoms with Gasteiger partial charge in [-0.25, -0.2) is 0 Å². The zero-order valence-electron chi connectivity index (χ0n) is 9.33. The van der Waals surface area contributed by atoms with Gasteiger partial charge >= 0.3 is 0 Å². The van der Waals surface area contributed by atoms with E-state index in [0.717, 1.165) is 30.8 Å². The van der Waals surface area contributed by atoms with E-state index in [1.165, 1.54) is 0 Å². The van der Waals surface area contributed by atoms with E-state index in [2.05, 4.69) is 18.8 Å². The molecule has 0 fully saturated rings. The molecule has 0 aliphatic rings. The first-order chi connectivity index (χ1) is 7.33. The van der Waals surface area contributed by atoms with Crippen molar-refractivity contribution in [2.75, 3.05) is 19.7 Å². The van der Waals surface area contributed by atoms with Crippen LogP contribution in [0.4, 0.5) is 0 Å². The number of hydrogen-bond acceptors (Lipinski definition) is 2. The zero-order chi connectivity index (χ0) is 10.9. The van der Waals surface area contributed by atoms with Gasteiger partial charge in [-0.2, -0.15) is 0 Å². The number of hydrogen-bond donors (Lipinski definition) is 1. The molecule has 2 heteroatoms. The van der Waals surface area contributed by atoms with Gasteiger partial charge in [0.2, 0.25) is 0 Å². The molecule has 0 aliphatic carbocycles. The van der Waals surface area contributed by atoms with Crippen LogP contribution >= 0.6 is 0 Å². The van der Waals surface area contributed by atoms with Crippen molar-refractivity contribution in [2.24, 2.45) is 0 Å². The van der Waals surface area contributed by atoms with Crippen molar-refractivity contribution in [1.29, 1.82) is 0 Å². The lowest BCUT2D eigenvalue weighted by molar-refractivity contribution is 0.348. The van der Waals surface area contributed by atoms with E-state index >= 15 is 0 Å². The molecule has 1 aromatic carbocycles. The quantitative estimate of drug-likeness (QED) is 0.546. The van der Waals surface area contributed by atoms with Crippen molar-refractivity contribution in [3.63, 3.8) is 0 Å². The molecule has 0 unspecified atom stereocenters. The summed E-state index contributed by atoms with van der Waals surface area (Å²) in [6, 6.07) is 9.81. The first-order valence-corrected chi connectivity index (χ1v) is 5.38. The fourth-order valence-electron chi connectivity index (χ4n) is 1.20. The molecule has 0 atom stereocenters. The van der Waals surface area contributed by atoms with Gasteiger partial charge in [0.05, 0.1) is 0 Å². The van der Waals surface area contributed by atoms with Gasteiger partial charge in [-0.1, -0.05) is 31.7 Å². The van der Waals surface area contributed by atoms with E-state index in [1.54, 1.807) is 0 Å². The molecule has 1 rings (SSSR count). The van der Waals surface area contributed by atoms with Gasteiger partial charge in [-0.3, -0.25) is 0 Å². The summed E-state index contributed by atoms with van der Waals surface area (Å²) in [6.07, 6.45) is 1.15. The van der Waals surface area contributed by atoms with Crippen molar-refractivity contribution in [2.45, 2.75) is 13.3 Å². The third-order valence-corrected chi connectivity index (χ3v) is 1.99. The van der Waals surface area contributed by atoms with Crippen LogP contribution in [0.2, 0.25) is 0 Å². The van der Waals surface area contributed by atoms with Gasteiger partial charge in [0.15, 0.2) is 0 Å². The number of para-hydroxylation sites is 1. The minimum Gasteiger partial charge on any atom is -0.489 e. The van der Waals surface area contributed by atoms with Gasteiger partial charge in [-0.15, -0.1) is 0 Å². The van der Waals surface area contributed by atoms with E-state index in [9.17, 15) is 0 Å². The predicted octanol–water partition coefficient (Wildman–Crippen LogP) is 2.62. The molecule has 0 radical (unpaired) electrons. The molecule has 0 bridgehead atoms. The molecule has 0 saturated heterocycles. The van der Waals surface area contributed by atoms with Gasteiger partial charge in [0.1, 0.15) is 12.4 Å².